The molecule has 0 aromatic heterocycles. The van der Waals surface area contributed by atoms with Gasteiger partial charge in [0.1, 0.15) is 5.75 Å². The number of benzene rings is 1. The highest BCUT2D eigenvalue weighted by atomic mass is 16.5. The number of piperidine rings is 1. The highest BCUT2D eigenvalue weighted by molar-refractivity contribution is 5.79. The Morgan fingerprint density at radius 2 is 2.32 bits per heavy atom. The summed E-state index contributed by atoms with van der Waals surface area (Å²) in [6.07, 6.45) is 1.46. The van der Waals surface area contributed by atoms with Gasteiger partial charge >= 0.3 is 0 Å². The molecule has 4 nitrogen and oxygen atoms in total. The normalized spacial score (nSPS) is 22.8. The highest BCUT2D eigenvalue weighted by Crippen LogP contribution is 2.13. The number of rotatable bonds is 4. The molecule has 0 radical (unpaired) electrons. The van der Waals surface area contributed by atoms with Crippen LogP contribution >= 0.6 is 0 Å². The van der Waals surface area contributed by atoms with Crippen molar-refractivity contribution in [2.45, 2.75) is 25.8 Å². The van der Waals surface area contributed by atoms with E-state index in [0.717, 1.165) is 30.8 Å². The Labute approximate surface area is 114 Å². The average molecular weight is 262 g/mol. The Bertz CT molecular complexity index is 434. The molecule has 4 heteroatoms. The van der Waals surface area contributed by atoms with Gasteiger partial charge in [-0.15, -0.1) is 0 Å². The summed E-state index contributed by atoms with van der Waals surface area (Å²) in [5.41, 5.74) is 0.980. The number of carbonyl (C=O) groups excluding carboxylic acids is 1. The van der Waals surface area contributed by atoms with Crippen molar-refractivity contribution >= 4 is 5.91 Å². The van der Waals surface area contributed by atoms with E-state index in [1.807, 2.05) is 24.3 Å². The Morgan fingerprint density at radius 3 is 3.05 bits per heavy atom. The van der Waals surface area contributed by atoms with Crippen molar-refractivity contribution < 1.29 is 9.53 Å². The van der Waals surface area contributed by atoms with Gasteiger partial charge in [0.25, 0.3) is 0 Å². The molecule has 1 fully saturated rings. The van der Waals surface area contributed by atoms with Crippen molar-refractivity contribution in [1.29, 1.82) is 0 Å². The van der Waals surface area contributed by atoms with Crippen molar-refractivity contribution in [3.8, 4) is 5.75 Å². The maximum atomic E-state index is 12.0. The molecule has 104 valence electrons. The van der Waals surface area contributed by atoms with E-state index in [4.69, 9.17) is 4.74 Å². The molecule has 1 aliphatic rings. The minimum atomic E-state index is 0.0779. The molecule has 19 heavy (non-hydrogen) atoms. The van der Waals surface area contributed by atoms with Crippen LogP contribution in [-0.2, 0) is 11.2 Å². The third-order valence-electron chi connectivity index (χ3n) is 3.43. The molecule has 2 atom stereocenters. The summed E-state index contributed by atoms with van der Waals surface area (Å²) < 4.78 is 5.16. The van der Waals surface area contributed by atoms with Crippen LogP contribution in [0.1, 0.15) is 18.9 Å². The maximum absolute atomic E-state index is 12.0. The van der Waals surface area contributed by atoms with E-state index < -0.39 is 0 Å². The first-order chi connectivity index (χ1) is 9.17. The predicted molar refractivity (Wildman–Crippen MR) is 75.3 cm³/mol. The Hall–Kier alpha value is -1.55. The van der Waals surface area contributed by atoms with E-state index in [1.54, 1.807) is 7.11 Å². The molecule has 0 spiro atoms. The van der Waals surface area contributed by atoms with Gasteiger partial charge in [-0.25, -0.2) is 0 Å². The zero-order valence-corrected chi connectivity index (χ0v) is 11.6. The SMILES string of the molecule is COc1cccc(CC(=O)NC2CNCC(C)C2)c1. The molecular formula is C15H22N2O2. The Kier molecular flexibility index (Phi) is 4.80. The minimum absolute atomic E-state index is 0.0779. The zero-order valence-electron chi connectivity index (χ0n) is 11.6. The summed E-state index contributed by atoms with van der Waals surface area (Å²) in [4.78, 5) is 12.0. The molecule has 1 heterocycles. The van der Waals surface area contributed by atoms with Gasteiger partial charge in [0.15, 0.2) is 0 Å². The van der Waals surface area contributed by atoms with Crippen LogP contribution in [0.2, 0.25) is 0 Å². The fraction of sp³-hybridized carbons (Fsp3) is 0.533. The summed E-state index contributed by atoms with van der Waals surface area (Å²) in [5, 5.41) is 6.43. The molecule has 2 rings (SSSR count). The molecule has 1 aromatic carbocycles. The van der Waals surface area contributed by atoms with E-state index in [1.165, 1.54) is 0 Å². The second kappa shape index (κ2) is 6.57. The van der Waals surface area contributed by atoms with Crippen LogP contribution in [0, 0.1) is 5.92 Å². The van der Waals surface area contributed by atoms with Gasteiger partial charge in [0, 0.05) is 12.6 Å². The zero-order chi connectivity index (χ0) is 13.7. The Morgan fingerprint density at radius 1 is 1.47 bits per heavy atom. The number of nitrogens with one attached hydrogen (secondary N) is 2. The Balaban J connectivity index is 1.86. The standard InChI is InChI=1S/C15H22N2O2/c1-11-6-13(10-16-9-11)17-15(18)8-12-4-3-5-14(7-12)19-2/h3-5,7,11,13,16H,6,8-10H2,1-2H3,(H,17,18). The number of hydrogen-bond acceptors (Lipinski definition) is 3. The number of methoxy groups -OCH3 is 1. The molecule has 2 N–H and O–H groups in total. The molecule has 0 saturated carbocycles. The van der Waals surface area contributed by atoms with Crippen LogP contribution in [0.3, 0.4) is 0 Å². The van der Waals surface area contributed by atoms with Crippen LogP contribution in [0.4, 0.5) is 0 Å². The average Bonchev–Trinajstić information content (AvgIpc) is 2.38. The van der Waals surface area contributed by atoms with Crippen molar-refractivity contribution in [2.75, 3.05) is 20.2 Å². The monoisotopic (exact) mass is 262 g/mol. The van der Waals surface area contributed by atoms with Crippen LogP contribution in [-0.4, -0.2) is 32.1 Å². The lowest BCUT2D eigenvalue weighted by Crippen LogP contribution is -2.48. The van der Waals surface area contributed by atoms with Gasteiger partial charge in [0.05, 0.1) is 13.5 Å². The topological polar surface area (TPSA) is 50.4 Å². The first-order valence-corrected chi connectivity index (χ1v) is 6.80. The second-order valence-electron chi connectivity index (χ2n) is 5.29. The van der Waals surface area contributed by atoms with E-state index in [-0.39, 0.29) is 11.9 Å². The molecule has 0 bridgehead atoms. The van der Waals surface area contributed by atoms with Crippen LogP contribution in [0.15, 0.2) is 24.3 Å². The summed E-state index contributed by atoms with van der Waals surface area (Å²) in [5.74, 6) is 1.49. The molecule has 1 amide bonds. The van der Waals surface area contributed by atoms with E-state index >= 15 is 0 Å². The third-order valence-corrected chi connectivity index (χ3v) is 3.43. The van der Waals surface area contributed by atoms with E-state index in [0.29, 0.717) is 12.3 Å². The lowest BCUT2D eigenvalue weighted by Gasteiger charge is -2.28. The van der Waals surface area contributed by atoms with Gasteiger partial charge in [-0.05, 0) is 36.6 Å². The molecule has 0 aliphatic carbocycles. The van der Waals surface area contributed by atoms with Gasteiger partial charge in [-0.3, -0.25) is 4.79 Å². The molecule has 1 saturated heterocycles. The van der Waals surface area contributed by atoms with Crippen molar-refractivity contribution in [3.63, 3.8) is 0 Å². The highest BCUT2D eigenvalue weighted by Gasteiger charge is 2.19. The molecular weight excluding hydrogens is 240 g/mol. The summed E-state index contributed by atoms with van der Waals surface area (Å²) in [7, 11) is 1.63. The van der Waals surface area contributed by atoms with Crippen molar-refractivity contribution in [3.05, 3.63) is 29.8 Å². The van der Waals surface area contributed by atoms with Gasteiger partial charge in [-0.2, -0.15) is 0 Å². The number of amides is 1. The molecule has 1 aliphatic heterocycles. The summed E-state index contributed by atoms with van der Waals surface area (Å²) in [6, 6.07) is 7.90. The smallest absolute Gasteiger partial charge is 0.224 e. The fourth-order valence-electron chi connectivity index (χ4n) is 2.51. The summed E-state index contributed by atoms with van der Waals surface area (Å²) >= 11 is 0. The first-order valence-electron chi connectivity index (χ1n) is 6.80. The second-order valence-corrected chi connectivity index (χ2v) is 5.29. The third kappa shape index (κ3) is 4.24. The molecule has 1 aromatic rings. The number of ether oxygens (including phenoxy) is 1. The van der Waals surface area contributed by atoms with Crippen LogP contribution in [0.25, 0.3) is 0 Å². The quantitative estimate of drug-likeness (QED) is 0.861. The van der Waals surface area contributed by atoms with Gasteiger partial charge < -0.3 is 15.4 Å². The first kappa shape index (κ1) is 13.9. The maximum Gasteiger partial charge on any atom is 0.224 e. The van der Waals surface area contributed by atoms with E-state index in [9.17, 15) is 4.79 Å². The van der Waals surface area contributed by atoms with Crippen LogP contribution in [0.5, 0.6) is 5.75 Å². The van der Waals surface area contributed by atoms with Crippen LogP contribution < -0.4 is 15.4 Å². The van der Waals surface area contributed by atoms with Gasteiger partial charge in [0.2, 0.25) is 5.91 Å². The van der Waals surface area contributed by atoms with E-state index in [2.05, 4.69) is 17.6 Å². The lowest BCUT2D eigenvalue weighted by atomic mass is 9.97. The van der Waals surface area contributed by atoms with Gasteiger partial charge in [-0.1, -0.05) is 19.1 Å². The molecule has 2 unspecified atom stereocenters. The van der Waals surface area contributed by atoms with Crippen molar-refractivity contribution in [1.82, 2.24) is 10.6 Å². The lowest BCUT2D eigenvalue weighted by molar-refractivity contribution is -0.121. The number of carbonyl (C=O) groups is 1. The summed E-state index contributed by atoms with van der Waals surface area (Å²) in [6.45, 7) is 4.11. The minimum Gasteiger partial charge on any atom is -0.497 e. The fourth-order valence-corrected chi connectivity index (χ4v) is 2.51. The number of hydrogen-bond donors (Lipinski definition) is 2. The predicted octanol–water partition coefficient (Wildman–Crippen LogP) is 1.35. The van der Waals surface area contributed by atoms with Crippen molar-refractivity contribution in [2.24, 2.45) is 5.92 Å². The largest absolute Gasteiger partial charge is 0.497 e.